The second-order valence-electron chi connectivity index (χ2n) is 9.05. The lowest BCUT2D eigenvalue weighted by Gasteiger charge is -2.14. The van der Waals surface area contributed by atoms with Gasteiger partial charge in [0.2, 0.25) is 5.91 Å². The fourth-order valence-electron chi connectivity index (χ4n) is 3.92. The minimum Gasteiger partial charge on any atom is -0.490 e. The first-order valence-electron chi connectivity index (χ1n) is 12.7. The number of benzene rings is 3. The average molecular weight is 594 g/mol. The van der Waals surface area contributed by atoms with E-state index < -0.39 is 23.6 Å². The highest BCUT2D eigenvalue weighted by atomic mass is 35.5. The number of halogens is 1. The van der Waals surface area contributed by atoms with E-state index in [1.807, 2.05) is 26.0 Å². The van der Waals surface area contributed by atoms with Crippen molar-refractivity contribution >= 4 is 63.8 Å². The predicted molar refractivity (Wildman–Crippen MR) is 160 cm³/mol. The lowest BCUT2D eigenvalue weighted by molar-refractivity contribution is -0.127. The third-order valence-corrected chi connectivity index (χ3v) is 7.23. The highest BCUT2D eigenvalue weighted by Crippen LogP contribution is 2.35. The Morgan fingerprint density at radius 2 is 1.73 bits per heavy atom. The van der Waals surface area contributed by atoms with Crippen LogP contribution in [0.25, 0.3) is 6.08 Å². The molecule has 0 saturated carbocycles. The van der Waals surface area contributed by atoms with Crippen molar-refractivity contribution in [2.75, 3.05) is 30.4 Å². The monoisotopic (exact) mass is 593 g/mol. The van der Waals surface area contributed by atoms with E-state index in [1.165, 1.54) is 0 Å². The van der Waals surface area contributed by atoms with E-state index in [2.05, 4.69) is 10.6 Å². The normalized spacial score (nSPS) is 13.9. The van der Waals surface area contributed by atoms with E-state index in [1.54, 1.807) is 61.5 Å². The molecule has 212 valence electrons. The van der Waals surface area contributed by atoms with Gasteiger partial charge in [-0.25, -0.2) is 0 Å². The standard InChI is InChI=1S/C30H28ClN3O6S/c1-4-39-25-13-20(11-12-24(25)40-17-28(36)32-22-9-6-8-21(31)15-22)14-26-29(37)34(30(38)41-26)16-27(35)33-23-10-5-7-18(2)19(23)3/h5-15H,4,16-17H2,1-3H3,(H,32,36)(H,33,35)/b26-14+. The molecule has 1 aliphatic rings. The SMILES string of the molecule is CCOc1cc(/C=C2/SC(=O)N(CC(=O)Nc3cccc(C)c3C)C2=O)ccc1OCC(=O)Nc1cccc(Cl)c1. The fraction of sp³-hybridized carbons (Fsp3) is 0.200. The van der Waals surface area contributed by atoms with Gasteiger partial charge in [-0.3, -0.25) is 24.1 Å². The van der Waals surface area contributed by atoms with E-state index in [-0.39, 0.29) is 17.4 Å². The number of anilines is 2. The summed E-state index contributed by atoms with van der Waals surface area (Å²) in [6.45, 7) is 5.29. The summed E-state index contributed by atoms with van der Waals surface area (Å²) in [5.74, 6) is -0.715. The van der Waals surface area contributed by atoms with Crippen LogP contribution in [0, 0.1) is 13.8 Å². The highest BCUT2D eigenvalue weighted by molar-refractivity contribution is 8.18. The molecule has 0 aliphatic carbocycles. The molecule has 3 aromatic carbocycles. The molecule has 4 amide bonds. The van der Waals surface area contributed by atoms with Crippen molar-refractivity contribution in [2.24, 2.45) is 0 Å². The Balaban J connectivity index is 1.41. The number of imide groups is 1. The van der Waals surface area contributed by atoms with E-state index >= 15 is 0 Å². The van der Waals surface area contributed by atoms with Crippen LogP contribution in [-0.2, 0) is 14.4 Å². The van der Waals surface area contributed by atoms with Crippen molar-refractivity contribution in [1.82, 2.24) is 4.90 Å². The van der Waals surface area contributed by atoms with Crippen LogP contribution < -0.4 is 20.1 Å². The van der Waals surface area contributed by atoms with Crippen molar-refractivity contribution in [3.05, 3.63) is 87.3 Å². The average Bonchev–Trinajstić information content (AvgIpc) is 3.18. The number of hydrogen-bond donors (Lipinski definition) is 2. The van der Waals surface area contributed by atoms with Crippen LogP contribution in [0.15, 0.2) is 65.6 Å². The van der Waals surface area contributed by atoms with Gasteiger partial charge in [0.25, 0.3) is 17.1 Å². The molecule has 2 N–H and O–H groups in total. The Bertz CT molecular complexity index is 1540. The molecule has 0 spiro atoms. The fourth-order valence-corrected chi connectivity index (χ4v) is 4.94. The molecule has 0 aromatic heterocycles. The number of nitrogens with one attached hydrogen (secondary N) is 2. The van der Waals surface area contributed by atoms with Crippen molar-refractivity contribution in [2.45, 2.75) is 20.8 Å². The smallest absolute Gasteiger partial charge is 0.294 e. The molecule has 0 radical (unpaired) electrons. The number of rotatable bonds is 10. The zero-order chi connectivity index (χ0) is 29.5. The Hall–Kier alpha value is -4.28. The van der Waals surface area contributed by atoms with Gasteiger partial charge >= 0.3 is 0 Å². The predicted octanol–water partition coefficient (Wildman–Crippen LogP) is 6.05. The summed E-state index contributed by atoms with van der Waals surface area (Å²) < 4.78 is 11.4. The van der Waals surface area contributed by atoms with Gasteiger partial charge in [-0.15, -0.1) is 0 Å². The Morgan fingerprint density at radius 1 is 0.951 bits per heavy atom. The van der Waals surface area contributed by atoms with Gasteiger partial charge in [0.15, 0.2) is 18.1 Å². The molecule has 0 bridgehead atoms. The summed E-state index contributed by atoms with van der Waals surface area (Å²) in [5, 5.41) is 5.44. The molecule has 41 heavy (non-hydrogen) atoms. The molecule has 1 aliphatic heterocycles. The minimum atomic E-state index is -0.563. The lowest BCUT2D eigenvalue weighted by atomic mass is 10.1. The summed E-state index contributed by atoms with van der Waals surface area (Å²) in [6.07, 6.45) is 1.55. The summed E-state index contributed by atoms with van der Waals surface area (Å²) in [4.78, 5) is 51.6. The van der Waals surface area contributed by atoms with Crippen LogP contribution in [0.2, 0.25) is 5.02 Å². The lowest BCUT2D eigenvalue weighted by Crippen LogP contribution is -2.36. The largest absolute Gasteiger partial charge is 0.490 e. The molecule has 9 nitrogen and oxygen atoms in total. The Morgan fingerprint density at radius 3 is 2.49 bits per heavy atom. The number of thioether (sulfide) groups is 1. The first-order valence-corrected chi connectivity index (χ1v) is 13.9. The van der Waals surface area contributed by atoms with Gasteiger partial charge in [-0.05, 0) is 91.7 Å². The summed E-state index contributed by atoms with van der Waals surface area (Å²) >= 11 is 6.71. The number of ether oxygens (including phenoxy) is 2. The Labute approximate surface area is 246 Å². The molecule has 4 rings (SSSR count). The van der Waals surface area contributed by atoms with Crippen LogP contribution in [-0.4, -0.2) is 47.6 Å². The van der Waals surface area contributed by atoms with Gasteiger partial charge in [-0.2, -0.15) is 0 Å². The summed E-state index contributed by atoms with van der Waals surface area (Å²) in [6, 6.07) is 17.2. The maximum Gasteiger partial charge on any atom is 0.294 e. The van der Waals surface area contributed by atoms with Gasteiger partial charge in [0.1, 0.15) is 6.54 Å². The van der Waals surface area contributed by atoms with Crippen molar-refractivity contribution in [1.29, 1.82) is 0 Å². The molecule has 1 heterocycles. The van der Waals surface area contributed by atoms with Gasteiger partial charge in [0.05, 0.1) is 11.5 Å². The zero-order valence-electron chi connectivity index (χ0n) is 22.7. The second-order valence-corrected chi connectivity index (χ2v) is 10.5. The summed E-state index contributed by atoms with van der Waals surface area (Å²) in [5.41, 5.74) is 3.68. The number of amides is 4. The maximum atomic E-state index is 13.0. The molecular formula is C30H28ClN3O6S. The van der Waals surface area contributed by atoms with Gasteiger partial charge in [-0.1, -0.05) is 35.9 Å². The van der Waals surface area contributed by atoms with E-state index in [9.17, 15) is 19.2 Å². The highest BCUT2D eigenvalue weighted by Gasteiger charge is 2.36. The minimum absolute atomic E-state index is 0.173. The molecular weight excluding hydrogens is 566 g/mol. The van der Waals surface area contributed by atoms with Crippen LogP contribution >= 0.6 is 23.4 Å². The zero-order valence-corrected chi connectivity index (χ0v) is 24.2. The number of hydrogen-bond acceptors (Lipinski definition) is 7. The molecule has 1 saturated heterocycles. The van der Waals surface area contributed by atoms with Crippen LogP contribution in [0.4, 0.5) is 16.2 Å². The van der Waals surface area contributed by atoms with E-state index in [0.717, 1.165) is 27.8 Å². The molecule has 11 heteroatoms. The Kier molecular flexibility index (Phi) is 9.69. The van der Waals surface area contributed by atoms with E-state index in [0.29, 0.717) is 40.1 Å². The third-order valence-electron chi connectivity index (χ3n) is 6.09. The molecule has 3 aromatic rings. The topological polar surface area (TPSA) is 114 Å². The van der Waals surface area contributed by atoms with Crippen molar-refractivity contribution < 1.29 is 28.7 Å². The second kappa shape index (κ2) is 13.4. The first kappa shape index (κ1) is 29.7. The van der Waals surface area contributed by atoms with Gasteiger partial charge in [0, 0.05) is 16.4 Å². The quantitative estimate of drug-likeness (QED) is 0.275. The van der Waals surface area contributed by atoms with Crippen LogP contribution in [0.5, 0.6) is 11.5 Å². The number of aryl methyl sites for hydroxylation is 1. The van der Waals surface area contributed by atoms with Gasteiger partial charge < -0.3 is 20.1 Å². The third kappa shape index (κ3) is 7.68. The molecule has 1 fully saturated rings. The summed E-state index contributed by atoms with van der Waals surface area (Å²) in [7, 11) is 0. The van der Waals surface area contributed by atoms with Crippen LogP contribution in [0.3, 0.4) is 0 Å². The van der Waals surface area contributed by atoms with Crippen molar-refractivity contribution in [3.63, 3.8) is 0 Å². The molecule has 0 atom stereocenters. The first-order chi connectivity index (χ1) is 19.6. The number of carbonyl (C=O) groups excluding carboxylic acids is 4. The number of nitrogens with zero attached hydrogens (tertiary/aromatic N) is 1. The number of carbonyl (C=O) groups is 4. The molecule has 0 unspecified atom stereocenters. The van der Waals surface area contributed by atoms with Crippen molar-refractivity contribution in [3.8, 4) is 11.5 Å². The van der Waals surface area contributed by atoms with Crippen LogP contribution in [0.1, 0.15) is 23.6 Å². The maximum absolute atomic E-state index is 13.0. The van der Waals surface area contributed by atoms with E-state index in [4.69, 9.17) is 21.1 Å².